The minimum absolute atomic E-state index is 0.150. The first-order valence-electron chi connectivity index (χ1n) is 6.97. The second kappa shape index (κ2) is 6.03. The molecule has 1 heterocycles. The van der Waals surface area contributed by atoms with Crippen LogP contribution in [0.1, 0.15) is 16.7 Å². The summed E-state index contributed by atoms with van der Waals surface area (Å²) in [4.78, 5) is 10.6. The monoisotopic (exact) mass is 300 g/mol. The average molecular weight is 300 g/mol. The Hall–Kier alpha value is -2.60. The van der Waals surface area contributed by atoms with Gasteiger partial charge < -0.3 is 14.8 Å². The zero-order valence-electron chi connectivity index (χ0n) is 12.2. The van der Waals surface area contributed by atoms with Crippen LogP contribution in [0.15, 0.2) is 36.4 Å². The number of nitrogens with one attached hydrogen (secondary N) is 1. The molecule has 0 saturated heterocycles. The summed E-state index contributed by atoms with van der Waals surface area (Å²) in [5, 5.41) is 14.2. The molecule has 0 spiro atoms. The number of nitro groups is 1. The van der Waals surface area contributed by atoms with E-state index in [0.717, 1.165) is 22.6 Å². The highest BCUT2D eigenvalue weighted by Gasteiger charge is 2.16. The molecule has 0 unspecified atom stereocenters. The fourth-order valence-electron chi connectivity index (χ4n) is 2.43. The molecule has 2 aromatic carbocycles. The van der Waals surface area contributed by atoms with Gasteiger partial charge in [-0.3, -0.25) is 10.1 Å². The standard InChI is InChI=1S/C16H16N2O4/c1-11-5-6-12(7-14(11)18(19)20)8-17-9-13-3-2-4-15-16(13)22-10-21-15/h2-7,17H,8-10H2,1H3. The highest BCUT2D eigenvalue weighted by molar-refractivity contribution is 5.48. The Morgan fingerprint density at radius 2 is 2.09 bits per heavy atom. The second-order valence-electron chi connectivity index (χ2n) is 5.13. The normalized spacial score (nSPS) is 12.4. The van der Waals surface area contributed by atoms with Crippen LogP contribution in [-0.2, 0) is 13.1 Å². The van der Waals surface area contributed by atoms with Gasteiger partial charge in [0, 0.05) is 30.3 Å². The van der Waals surface area contributed by atoms with Gasteiger partial charge in [0.2, 0.25) is 6.79 Å². The summed E-state index contributed by atoms with van der Waals surface area (Å²) in [6.45, 7) is 3.14. The molecule has 0 aromatic heterocycles. The van der Waals surface area contributed by atoms with Gasteiger partial charge in [-0.05, 0) is 18.6 Å². The molecule has 114 valence electrons. The predicted octanol–water partition coefficient (Wildman–Crippen LogP) is 2.92. The van der Waals surface area contributed by atoms with E-state index in [-0.39, 0.29) is 17.4 Å². The Labute approximate surface area is 127 Å². The minimum atomic E-state index is -0.353. The Morgan fingerprint density at radius 3 is 2.91 bits per heavy atom. The quantitative estimate of drug-likeness (QED) is 0.679. The third-order valence-electron chi connectivity index (χ3n) is 3.59. The zero-order valence-corrected chi connectivity index (χ0v) is 12.2. The van der Waals surface area contributed by atoms with Crippen molar-refractivity contribution in [2.45, 2.75) is 20.0 Å². The van der Waals surface area contributed by atoms with Crippen LogP contribution in [0, 0.1) is 17.0 Å². The Morgan fingerprint density at radius 1 is 1.23 bits per heavy atom. The van der Waals surface area contributed by atoms with Crippen LogP contribution in [0.3, 0.4) is 0 Å². The summed E-state index contributed by atoms with van der Waals surface area (Å²) < 4.78 is 10.8. The molecule has 0 aliphatic carbocycles. The highest BCUT2D eigenvalue weighted by Crippen LogP contribution is 2.35. The number of para-hydroxylation sites is 1. The molecule has 22 heavy (non-hydrogen) atoms. The van der Waals surface area contributed by atoms with Crippen LogP contribution in [0.4, 0.5) is 5.69 Å². The van der Waals surface area contributed by atoms with Crippen LogP contribution in [-0.4, -0.2) is 11.7 Å². The number of nitro benzene ring substituents is 1. The van der Waals surface area contributed by atoms with Gasteiger partial charge in [0.15, 0.2) is 11.5 Å². The van der Waals surface area contributed by atoms with Crippen LogP contribution in [0.25, 0.3) is 0 Å². The van der Waals surface area contributed by atoms with E-state index in [4.69, 9.17) is 9.47 Å². The lowest BCUT2D eigenvalue weighted by Crippen LogP contribution is -2.13. The molecule has 6 nitrogen and oxygen atoms in total. The van der Waals surface area contributed by atoms with Crippen molar-refractivity contribution in [3.8, 4) is 11.5 Å². The molecule has 0 saturated carbocycles. The summed E-state index contributed by atoms with van der Waals surface area (Å²) in [5.41, 5.74) is 2.70. The fourth-order valence-corrected chi connectivity index (χ4v) is 2.43. The first-order chi connectivity index (χ1) is 10.6. The molecule has 3 rings (SSSR count). The van der Waals surface area contributed by atoms with Crippen molar-refractivity contribution in [3.63, 3.8) is 0 Å². The molecule has 1 aliphatic heterocycles. The molecule has 0 radical (unpaired) electrons. The van der Waals surface area contributed by atoms with E-state index in [1.165, 1.54) is 0 Å². The highest BCUT2D eigenvalue weighted by atomic mass is 16.7. The summed E-state index contributed by atoms with van der Waals surface area (Å²) in [6, 6.07) is 11.0. The number of nitrogens with zero attached hydrogens (tertiary/aromatic N) is 1. The zero-order chi connectivity index (χ0) is 15.5. The third-order valence-corrected chi connectivity index (χ3v) is 3.59. The number of rotatable bonds is 5. The van der Waals surface area contributed by atoms with Crippen molar-refractivity contribution in [3.05, 3.63) is 63.2 Å². The lowest BCUT2D eigenvalue weighted by molar-refractivity contribution is -0.385. The maximum atomic E-state index is 11.0. The van der Waals surface area contributed by atoms with E-state index in [0.29, 0.717) is 18.7 Å². The second-order valence-corrected chi connectivity index (χ2v) is 5.13. The summed E-state index contributed by atoms with van der Waals surface area (Å²) in [5.74, 6) is 1.52. The van der Waals surface area contributed by atoms with Gasteiger partial charge >= 0.3 is 0 Å². The fraction of sp³-hybridized carbons (Fsp3) is 0.250. The van der Waals surface area contributed by atoms with E-state index >= 15 is 0 Å². The van der Waals surface area contributed by atoms with Crippen molar-refractivity contribution in [2.24, 2.45) is 0 Å². The maximum absolute atomic E-state index is 11.0. The van der Waals surface area contributed by atoms with Gasteiger partial charge in [-0.1, -0.05) is 24.3 Å². The number of aryl methyl sites for hydroxylation is 1. The predicted molar refractivity (Wildman–Crippen MR) is 80.9 cm³/mol. The summed E-state index contributed by atoms with van der Waals surface area (Å²) in [6.07, 6.45) is 0. The van der Waals surface area contributed by atoms with Gasteiger partial charge in [-0.2, -0.15) is 0 Å². The van der Waals surface area contributed by atoms with Crippen molar-refractivity contribution in [1.29, 1.82) is 0 Å². The van der Waals surface area contributed by atoms with E-state index < -0.39 is 0 Å². The summed E-state index contributed by atoms with van der Waals surface area (Å²) >= 11 is 0. The van der Waals surface area contributed by atoms with Crippen LogP contribution < -0.4 is 14.8 Å². The van der Waals surface area contributed by atoms with Crippen LogP contribution in [0.5, 0.6) is 11.5 Å². The number of hydrogen-bond donors (Lipinski definition) is 1. The van der Waals surface area contributed by atoms with Crippen LogP contribution in [0.2, 0.25) is 0 Å². The smallest absolute Gasteiger partial charge is 0.272 e. The van der Waals surface area contributed by atoms with Crippen molar-refractivity contribution in [1.82, 2.24) is 5.32 Å². The number of fused-ring (bicyclic) bond motifs is 1. The molecule has 2 aromatic rings. The third kappa shape index (κ3) is 2.87. The van der Waals surface area contributed by atoms with E-state index in [9.17, 15) is 10.1 Å². The SMILES string of the molecule is Cc1ccc(CNCc2cccc3c2OCO3)cc1[N+](=O)[O-]. The Kier molecular flexibility index (Phi) is 3.93. The maximum Gasteiger partial charge on any atom is 0.272 e. The molecule has 1 N–H and O–H groups in total. The van der Waals surface area contributed by atoms with Gasteiger partial charge in [0.05, 0.1) is 4.92 Å². The minimum Gasteiger partial charge on any atom is -0.454 e. The molecule has 0 atom stereocenters. The van der Waals surface area contributed by atoms with Gasteiger partial charge in [0.1, 0.15) is 0 Å². The molecular weight excluding hydrogens is 284 g/mol. The first kappa shape index (κ1) is 14.3. The van der Waals surface area contributed by atoms with E-state index in [1.54, 1.807) is 19.1 Å². The molecule has 0 amide bonds. The topological polar surface area (TPSA) is 73.6 Å². The van der Waals surface area contributed by atoms with E-state index in [1.807, 2.05) is 24.3 Å². The number of ether oxygens (including phenoxy) is 2. The van der Waals surface area contributed by atoms with Crippen molar-refractivity contribution >= 4 is 5.69 Å². The molecule has 6 heteroatoms. The lowest BCUT2D eigenvalue weighted by atomic mass is 10.1. The number of hydrogen-bond acceptors (Lipinski definition) is 5. The van der Waals surface area contributed by atoms with Gasteiger partial charge in [-0.25, -0.2) is 0 Å². The van der Waals surface area contributed by atoms with Crippen molar-refractivity contribution in [2.75, 3.05) is 6.79 Å². The molecule has 0 bridgehead atoms. The first-order valence-corrected chi connectivity index (χ1v) is 6.97. The Bertz CT molecular complexity index is 715. The molecule has 1 aliphatic rings. The number of benzene rings is 2. The molecule has 0 fully saturated rings. The summed E-state index contributed by atoms with van der Waals surface area (Å²) in [7, 11) is 0. The van der Waals surface area contributed by atoms with E-state index in [2.05, 4.69) is 5.32 Å². The molecular formula is C16H16N2O4. The lowest BCUT2D eigenvalue weighted by Gasteiger charge is -2.08. The largest absolute Gasteiger partial charge is 0.454 e. The van der Waals surface area contributed by atoms with Gasteiger partial charge in [0.25, 0.3) is 5.69 Å². The van der Waals surface area contributed by atoms with Gasteiger partial charge in [-0.15, -0.1) is 0 Å². The van der Waals surface area contributed by atoms with Crippen LogP contribution >= 0.6 is 0 Å². The van der Waals surface area contributed by atoms with Crippen molar-refractivity contribution < 1.29 is 14.4 Å². The average Bonchev–Trinajstić information content (AvgIpc) is 2.98. The Balaban J connectivity index is 1.66.